The van der Waals surface area contributed by atoms with E-state index in [1.807, 2.05) is 50.2 Å². The molecular formula is C15H13Br2NO. The highest BCUT2D eigenvalue weighted by Gasteiger charge is 2.11. The summed E-state index contributed by atoms with van der Waals surface area (Å²) in [4.78, 5) is 12.3. The van der Waals surface area contributed by atoms with Gasteiger partial charge in [0.15, 0.2) is 0 Å². The van der Waals surface area contributed by atoms with Gasteiger partial charge in [-0.2, -0.15) is 0 Å². The van der Waals surface area contributed by atoms with Crippen molar-refractivity contribution in [2.45, 2.75) is 13.8 Å². The van der Waals surface area contributed by atoms with E-state index in [9.17, 15) is 4.79 Å². The highest BCUT2D eigenvalue weighted by atomic mass is 79.9. The molecule has 0 aliphatic carbocycles. The predicted octanol–water partition coefficient (Wildman–Crippen LogP) is 5.08. The van der Waals surface area contributed by atoms with E-state index >= 15 is 0 Å². The second-order valence-electron chi connectivity index (χ2n) is 4.33. The van der Waals surface area contributed by atoms with Gasteiger partial charge in [0.1, 0.15) is 0 Å². The van der Waals surface area contributed by atoms with Gasteiger partial charge in [0.25, 0.3) is 5.91 Å². The van der Waals surface area contributed by atoms with Crippen LogP contribution in [0.3, 0.4) is 0 Å². The minimum atomic E-state index is -0.0933. The molecule has 0 heterocycles. The smallest absolute Gasteiger partial charge is 0.255 e. The Morgan fingerprint density at radius 1 is 1.11 bits per heavy atom. The maximum Gasteiger partial charge on any atom is 0.255 e. The molecule has 0 saturated heterocycles. The van der Waals surface area contributed by atoms with Gasteiger partial charge in [-0.3, -0.25) is 4.79 Å². The van der Waals surface area contributed by atoms with Crippen molar-refractivity contribution in [3.05, 3.63) is 62.0 Å². The first kappa shape index (κ1) is 14.3. The van der Waals surface area contributed by atoms with E-state index < -0.39 is 0 Å². The Morgan fingerprint density at radius 3 is 2.53 bits per heavy atom. The quantitative estimate of drug-likeness (QED) is 0.770. The van der Waals surface area contributed by atoms with E-state index in [-0.39, 0.29) is 5.91 Å². The molecule has 2 aromatic carbocycles. The van der Waals surface area contributed by atoms with Crippen molar-refractivity contribution in [1.29, 1.82) is 0 Å². The molecule has 0 atom stereocenters. The zero-order valence-electron chi connectivity index (χ0n) is 10.6. The summed E-state index contributed by atoms with van der Waals surface area (Å²) in [7, 11) is 0. The van der Waals surface area contributed by atoms with Gasteiger partial charge in [0, 0.05) is 20.2 Å². The molecule has 98 valence electrons. The lowest BCUT2D eigenvalue weighted by molar-refractivity contribution is 0.102. The number of rotatable bonds is 2. The molecule has 0 radical (unpaired) electrons. The molecule has 0 spiro atoms. The van der Waals surface area contributed by atoms with Crippen LogP contribution in [0.1, 0.15) is 21.5 Å². The fourth-order valence-electron chi connectivity index (χ4n) is 1.81. The van der Waals surface area contributed by atoms with Gasteiger partial charge in [-0.05, 0) is 55.3 Å². The Labute approximate surface area is 129 Å². The van der Waals surface area contributed by atoms with E-state index in [2.05, 4.69) is 37.2 Å². The minimum Gasteiger partial charge on any atom is -0.322 e. The van der Waals surface area contributed by atoms with Crippen LogP contribution in [0.25, 0.3) is 0 Å². The van der Waals surface area contributed by atoms with Crippen molar-refractivity contribution >= 4 is 43.5 Å². The number of anilines is 1. The number of benzene rings is 2. The average Bonchev–Trinajstić information content (AvgIpc) is 2.36. The van der Waals surface area contributed by atoms with Crippen LogP contribution in [0.15, 0.2) is 45.3 Å². The molecule has 2 nitrogen and oxygen atoms in total. The Bertz CT molecular complexity index is 638. The Morgan fingerprint density at radius 2 is 1.84 bits per heavy atom. The summed E-state index contributed by atoms with van der Waals surface area (Å²) < 4.78 is 1.94. The number of carbonyl (C=O) groups excluding carboxylic acids is 1. The molecule has 19 heavy (non-hydrogen) atoms. The van der Waals surface area contributed by atoms with Crippen LogP contribution >= 0.6 is 31.9 Å². The summed E-state index contributed by atoms with van der Waals surface area (Å²) in [5.74, 6) is -0.0933. The topological polar surface area (TPSA) is 29.1 Å². The maximum atomic E-state index is 12.3. The Balaban J connectivity index is 2.28. The number of hydrogen-bond donors (Lipinski definition) is 1. The highest BCUT2D eigenvalue weighted by Crippen LogP contribution is 2.23. The summed E-state index contributed by atoms with van der Waals surface area (Å²) in [5.41, 5.74) is 3.47. The third-order valence-electron chi connectivity index (χ3n) is 2.95. The summed E-state index contributed by atoms with van der Waals surface area (Å²) in [6.07, 6.45) is 0. The first-order valence-electron chi connectivity index (χ1n) is 5.81. The predicted molar refractivity (Wildman–Crippen MR) is 85.7 cm³/mol. The summed E-state index contributed by atoms with van der Waals surface area (Å²) in [5, 5.41) is 2.94. The van der Waals surface area contributed by atoms with E-state index in [0.29, 0.717) is 5.56 Å². The van der Waals surface area contributed by atoms with Gasteiger partial charge in [-0.15, -0.1) is 0 Å². The third-order valence-corrected chi connectivity index (χ3v) is 4.30. The van der Waals surface area contributed by atoms with Gasteiger partial charge in [0.2, 0.25) is 0 Å². The van der Waals surface area contributed by atoms with Crippen molar-refractivity contribution in [3.8, 4) is 0 Å². The summed E-state index contributed by atoms with van der Waals surface area (Å²) >= 11 is 6.85. The molecular weight excluding hydrogens is 370 g/mol. The van der Waals surface area contributed by atoms with Crippen LogP contribution in [-0.2, 0) is 0 Å². The molecule has 0 fully saturated rings. The van der Waals surface area contributed by atoms with Gasteiger partial charge in [-0.1, -0.05) is 37.9 Å². The zero-order chi connectivity index (χ0) is 14.0. The number of nitrogens with one attached hydrogen (secondary N) is 1. The molecule has 1 amide bonds. The maximum absolute atomic E-state index is 12.3. The molecule has 2 rings (SSSR count). The van der Waals surface area contributed by atoms with Crippen molar-refractivity contribution in [2.24, 2.45) is 0 Å². The lowest BCUT2D eigenvalue weighted by Crippen LogP contribution is -2.14. The monoisotopic (exact) mass is 381 g/mol. The van der Waals surface area contributed by atoms with Crippen LogP contribution in [-0.4, -0.2) is 5.91 Å². The van der Waals surface area contributed by atoms with Crippen LogP contribution in [0.2, 0.25) is 0 Å². The molecule has 4 heteroatoms. The number of aryl methyl sites for hydroxylation is 1. The fraction of sp³-hybridized carbons (Fsp3) is 0.133. The van der Waals surface area contributed by atoms with Gasteiger partial charge >= 0.3 is 0 Å². The molecule has 1 N–H and O–H groups in total. The average molecular weight is 383 g/mol. The van der Waals surface area contributed by atoms with Crippen LogP contribution in [0.4, 0.5) is 5.69 Å². The van der Waals surface area contributed by atoms with Crippen LogP contribution in [0.5, 0.6) is 0 Å². The Kier molecular flexibility index (Phi) is 4.42. The largest absolute Gasteiger partial charge is 0.322 e. The summed E-state index contributed by atoms with van der Waals surface area (Å²) in [6.45, 7) is 3.89. The number of halogens is 2. The lowest BCUT2D eigenvalue weighted by Gasteiger charge is -2.11. The molecule has 0 aliphatic heterocycles. The third kappa shape index (κ3) is 3.25. The Hall–Kier alpha value is -1.13. The van der Waals surface area contributed by atoms with Crippen LogP contribution < -0.4 is 5.32 Å². The fourth-order valence-corrected chi connectivity index (χ4v) is 2.65. The summed E-state index contributed by atoms with van der Waals surface area (Å²) in [6, 6.07) is 11.4. The van der Waals surface area contributed by atoms with Crippen molar-refractivity contribution in [3.63, 3.8) is 0 Å². The van der Waals surface area contributed by atoms with Gasteiger partial charge in [0.05, 0.1) is 0 Å². The standard InChI is InChI=1S/C15H13Br2NO/c1-9-8-11(16)6-7-14(9)18-15(19)12-4-3-5-13(17)10(12)2/h3-8H,1-2H3,(H,18,19). The van der Waals surface area contributed by atoms with Gasteiger partial charge < -0.3 is 5.32 Å². The molecule has 0 bridgehead atoms. The van der Waals surface area contributed by atoms with E-state index in [1.165, 1.54) is 0 Å². The van der Waals surface area contributed by atoms with Crippen LogP contribution in [0, 0.1) is 13.8 Å². The second kappa shape index (κ2) is 5.88. The minimum absolute atomic E-state index is 0.0933. The molecule has 0 unspecified atom stereocenters. The number of hydrogen-bond acceptors (Lipinski definition) is 1. The second-order valence-corrected chi connectivity index (χ2v) is 6.10. The van der Waals surface area contributed by atoms with Crippen molar-refractivity contribution < 1.29 is 4.79 Å². The molecule has 0 aliphatic rings. The molecule has 0 aromatic heterocycles. The van der Waals surface area contributed by atoms with E-state index in [4.69, 9.17) is 0 Å². The normalized spacial score (nSPS) is 10.3. The zero-order valence-corrected chi connectivity index (χ0v) is 13.8. The van der Waals surface area contributed by atoms with E-state index in [0.717, 1.165) is 25.8 Å². The molecule has 2 aromatic rings. The van der Waals surface area contributed by atoms with E-state index in [1.54, 1.807) is 0 Å². The molecule has 0 saturated carbocycles. The first-order valence-corrected chi connectivity index (χ1v) is 7.40. The first-order chi connectivity index (χ1) is 8.99. The van der Waals surface area contributed by atoms with Crippen molar-refractivity contribution in [2.75, 3.05) is 5.32 Å². The van der Waals surface area contributed by atoms with Gasteiger partial charge in [-0.25, -0.2) is 0 Å². The van der Waals surface area contributed by atoms with Crippen molar-refractivity contribution in [1.82, 2.24) is 0 Å². The number of amides is 1. The SMILES string of the molecule is Cc1cc(Br)ccc1NC(=O)c1cccc(Br)c1C. The lowest BCUT2D eigenvalue weighted by atomic mass is 10.1. The highest BCUT2D eigenvalue weighted by molar-refractivity contribution is 9.10. The number of carbonyl (C=O) groups is 1.